The van der Waals surface area contributed by atoms with Gasteiger partial charge in [-0.15, -0.1) is 0 Å². The van der Waals surface area contributed by atoms with Gasteiger partial charge in [0.2, 0.25) is 0 Å². The highest BCUT2D eigenvalue weighted by molar-refractivity contribution is 5.92. The summed E-state index contributed by atoms with van der Waals surface area (Å²) in [5.74, 6) is -2.45. The Morgan fingerprint density at radius 3 is 2.65 bits per heavy atom. The zero-order valence-electron chi connectivity index (χ0n) is 9.40. The molecular weight excluding hydrogens is 229 g/mol. The predicted octanol–water partition coefficient (Wildman–Crippen LogP) is 1.13. The van der Waals surface area contributed by atoms with Gasteiger partial charge in [0, 0.05) is 5.69 Å². The lowest BCUT2D eigenvalue weighted by Crippen LogP contribution is -2.25. The maximum Gasteiger partial charge on any atom is 0.346 e. The third-order valence-electron chi connectivity index (χ3n) is 2.03. The number of rotatable bonds is 3. The van der Waals surface area contributed by atoms with E-state index in [1.54, 1.807) is 0 Å². The van der Waals surface area contributed by atoms with Crippen molar-refractivity contribution in [1.82, 2.24) is 0 Å². The van der Waals surface area contributed by atoms with Crippen molar-refractivity contribution >= 4 is 17.6 Å². The van der Waals surface area contributed by atoms with E-state index in [1.807, 2.05) is 0 Å². The summed E-state index contributed by atoms with van der Waals surface area (Å²) in [6.45, 7) is 1.33. The van der Waals surface area contributed by atoms with Gasteiger partial charge in [-0.05, 0) is 25.1 Å². The molecular formula is C11H12FNO4. The van der Waals surface area contributed by atoms with Crippen LogP contribution in [0.3, 0.4) is 0 Å². The number of benzene rings is 1. The number of ether oxygens (including phenoxy) is 2. The van der Waals surface area contributed by atoms with Crippen molar-refractivity contribution in [1.29, 1.82) is 0 Å². The SMILES string of the molecule is COC(=O)C(C)OC(=O)c1cc(N)ccc1F. The highest BCUT2D eigenvalue weighted by atomic mass is 19.1. The van der Waals surface area contributed by atoms with Crippen LogP contribution < -0.4 is 5.73 Å². The van der Waals surface area contributed by atoms with Crippen molar-refractivity contribution in [2.75, 3.05) is 12.8 Å². The number of nitrogen functional groups attached to an aromatic ring is 1. The standard InChI is InChI=1S/C11H12FNO4/c1-6(10(14)16-2)17-11(15)8-5-7(13)3-4-9(8)12/h3-6H,13H2,1-2H3. The summed E-state index contributed by atoms with van der Waals surface area (Å²) in [7, 11) is 1.16. The predicted molar refractivity (Wildman–Crippen MR) is 57.7 cm³/mol. The van der Waals surface area contributed by atoms with Gasteiger partial charge in [0.25, 0.3) is 0 Å². The van der Waals surface area contributed by atoms with E-state index in [2.05, 4.69) is 4.74 Å². The second-order valence-electron chi connectivity index (χ2n) is 3.31. The maximum absolute atomic E-state index is 13.3. The molecule has 0 radical (unpaired) electrons. The molecule has 17 heavy (non-hydrogen) atoms. The summed E-state index contributed by atoms with van der Waals surface area (Å²) in [6.07, 6.45) is -1.10. The molecule has 0 amide bonds. The fraction of sp³-hybridized carbons (Fsp3) is 0.273. The van der Waals surface area contributed by atoms with E-state index in [0.29, 0.717) is 0 Å². The van der Waals surface area contributed by atoms with E-state index >= 15 is 0 Å². The molecule has 1 atom stereocenters. The van der Waals surface area contributed by atoms with E-state index in [-0.39, 0.29) is 11.3 Å². The molecule has 0 saturated heterocycles. The molecule has 0 bridgehead atoms. The number of hydrogen-bond donors (Lipinski definition) is 1. The largest absolute Gasteiger partial charge is 0.466 e. The highest BCUT2D eigenvalue weighted by Gasteiger charge is 2.21. The lowest BCUT2D eigenvalue weighted by molar-refractivity contribution is -0.149. The van der Waals surface area contributed by atoms with Crippen LogP contribution in [0.2, 0.25) is 0 Å². The van der Waals surface area contributed by atoms with Gasteiger partial charge in [-0.1, -0.05) is 0 Å². The summed E-state index contributed by atoms with van der Waals surface area (Å²) in [4.78, 5) is 22.5. The molecule has 6 heteroatoms. The minimum absolute atomic E-state index is 0.226. The Morgan fingerprint density at radius 1 is 1.41 bits per heavy atom. The molecule has 1 aromatic rings. The molecule has 1 unspecified atom stereocenters. The van der Waals surface area contributed by atoms with Crippen LogP contribution in [-0.4, -0.2) is 25.2 Å². The number of hydrogen-bond acceptors (Lipinski definition) is 5. The molecule has 0 aliphatic rings. The molecule has 0 heterocycles. The van der Waals surface area contributed by atoms with Crippen LogP contribution in [0.1, 0.15) is 17.3 Å². The summed E-state index contributed by atoms with van der Waals surface area (Å²) >= 11 is 0. The van der Waals surface area contributed by atoms with Gasteiger partial charge in [0.05, 0.1) is 12.7 Å². The molecule has 1 aromatic carbocycles. The molecule has 5 nitrogen and oxygen atoms in total. The van der Waals surface area contributed by atoms with Gasteiger partial charge in [0.1, 0.15) is 5.82 Å². The van der Waals surface area contributed by atoms with Gasteiger partial charge < -0.3 is 15.2 Å². The zero-order valence-corrected chi connectivity index (χ0v) is 9.40. The minimum atomic E-state index is -1.10. The van der Waals surface area contributed by atoms with E-state index in [0.717, 1.165) is 19.2 Å². The van der Waals surface area contributed by atoms with Gasteiger partial charge in [-0.2, -0.15) is 0 Å². The highest BCUT2D eigenvalue weighted by Crippen LogP contribution is 2.14. The van der Waals surface area contributed by atoms with Gasteiger partial charge in [-0.25, -0.2) is 14.0 Å². The van der Waals surface area contributed by atoms with Crippen LogP contribution in [0.15, 0.2) is 18.2 Å². The molecule has 0 saturated carbocycles. The Bertz CT molecular complexity index is 447. The fourth-order valence-corrected chi connectivity index (χ4v) is 1.14. The number of carbonyl (C=O) groups is 2. The van der Waals surface area contributed by atoms with Crippen molar-refractivity contribution in [3.8, 4) is 0 Å². The third kappa shape index (κ3) is 3.17. The lowest BCUT2D eigenvalue weighted by Gasteiger charge is -2.11. The van der Waals surface area contributed by atoms with Gasteiger partial charge >= 0.3 is 11.9 Å². The topological polar surface area (TPSA) is 78.6 Å². The quantitative estimate of drug-likeness (QED) is 0.633. The second kappa shape index (κ2) is 5.29. The van der Waals surface area contributed by atoms with Crippen LogP contribution in [0, 0.1) is 5.82 Å². The molecule has 2 N–H and O–H groups in total. The number of carbonyl (C=O) groups excluding carboxylic acids is 2. The first-order valence-electron chi connectivity index (χ1n) is 4.79. The molecule has 92 valence electrons. The molecule has 0 aliphatic heterocycles. The number of anilines is 1. The van der Waals surface area contributed by atoms with Crippen LogP contribution in [0.25, 0.3) is 0 Å². The Hall–Kier alpha value is -2.11. The molecule has 0 spiro atoms. The Morgan fingerprint density at radius 2 is 2.06 bits per heavy atom. The average Bonchev–Trinajstić information content (AvgIpc) is 2.30. The van der Waals surface area contributed by atoms with E-state index in [4.69, 9.17) is 10.5 Å². The van der Waals surface area contributed by atoms with Crippen LogP contribution in [0.5, 0.6) is 0 Å². The number of nitrogens with two attached hydrogens (primary N) is 1. The zero-order chi connectivity index (χ0) is 13.0. The third-order valence-corrected chi connectivity index (χ3v) is 2.03. The van der Waals surface area contributed by atoms with Crippen molar-refractivity contribution in [3.05, 3.63) is 29.6 Å². The summed E-state index contributed by atoms with van der Waals surface area (Å²) < 4.78 is 22.4. The lowest BCUT2D eigenvalue weighted by atomic mass is 10.2. The number of halogens is 1. The first-order valence-corrected chi connectivity index (χ1v) is 4.79. The Labute approximate surface area is 97.3 Å². The van der Waals surface area contributed by atoms with Crippen molar-refractivity contribution in [2.45, 2.75) is 13.0 Å². The first kappa shape index (κ1) is 13.0. The van der Waals surface area contributed by atoms with Crippen molar-refractivity contribution < 1.29 is 23.5 Å². The maximum atomic E-state index is 13.3. The first-order chi connectivity index (χ1) is 7.95. The van der Waals surface area contributed by atoms with E-state index in [9.17, 15) is 14.0 Å². The van der Waals surface area contributed by atoms with E-state index < -0.39 is 23.9 Å². The molecule has 1 rings (SSSR count). The van der Waals surface area contributed by atoms with Gasteiger partial charge in [0.15, 0.2) is 6.10 Å². The van der Waals surface area contributed by atoms with Gasteiger partial charge in [-0.3, -0.25) is 0 Å². The Kier molecular flexibility index (Phi) is 4.03. The molecule has 0 aromatic heterocycles. The number of methoxy groups -OCH3 is 1. The van der Waals surface area contributed by atoms with E-state index in [1.165, 1.54) is 13.0 Å². The van der Waals surface area contributed by atoms with Crippen LogP contribution in [-0.2, 0) is 14.3 Å². The second-order valence-corrected chi connectivity index (χ2v) is 3.31. The fourth-order valence-electron chi connectivity index (χ4n) is 1.14. The molecule has 0 fully saturated rings. The summed E-state index contributed by atoms with van der Waals surface area (Å²) in [6, 6.07) is 3.51. The smallest absolute Gasteiger partial charge is 0.346 e. The average molecular weight is 241 g/mol. The van der Waals surface area contributed by atoms with Crippen LogP contribution in [0.4, 0.5) is 10.1 Å². The van der Waals surface area contributed by atoms with Crippen molar-refractivity contribution in [3.63, 3.8) is 0 Å². The Balaban J connectivity index is 2.83. The summed E-state index contributed by atoms with van der Waals surface area (Å²) in [5.41, 5.74) is 5.32. The molecule has 0 aliphatic carbocycles. The van der Waals surface area contributed by atoms with Crippen LogP contribution >= 0.6 is 0 Å². The van der Waals surface area contributed by atoms with Crippen molar-refractivity contribution in [2.24, 2.45) is 0 Å². The minimum Gasteiger partial charge on any atom is -0.466 e. The monoisotopic (exact) mass is 241 g/mol. The summed E-state index contributed by atoms with van der Waals surface area (Å²) in [5, 5.41) is 0. The number of esters is 2. The normalized spacial score (nSPS) is 11.7.